The van der Waals surface area contributed by atoms with E-state index in [0.29, 0.717) is 4.83 Å². The van der Waals surface area contributed by atoms with Crippen LogP contribution in [-0.4, -0.2) is 0 Å². The highest BCUT2D eigenvalue weighted by Crippen LogP contribution is 2.37. The molecule has 1 heteroatoms. The summed E-state index contributed by atoms with van der Waals surface area (Å²) < 4.78 is 0. The Bertz CT molecular complexity index is 530. The fourth-order valence-electron chi connectivity index (χ4n) is 2.46. The third-order valence-corrected chi connectivity index (χ3v) is 4.64. The van der Waals surface area contributed by atoms with Crippen molar-refractivity contribution in [2.45, 2.75) is 38.4 Å². The standard InChI is InChI=1S/C17H21Br/c1-4-12(2)11-16(18)17-13(3)9-10-14-7-5-6-8-15(14)17/h5-10,12,16H,4,11H2,1-3H3. The van der Waals surface area contributed by atoms with Crippen LogP contribution in [0, 0.1) is 12.8 Å². The van der Waals surface area contributed by atoms with Gasteiger partial charge in [0.25, 0.3) is 0 Å². The minimum Gasteiger partial charge on any atom is -0.0838 e. The molecule has 0 bridgehead atoms. The first kappa shape index (κ1) is 13.6. The third-order valence-electron chi connectivity index (χ3n) is 3.81. The molecule has 0 nitrogen and oxygen atoms in total. The third kappa shape index (κ3) is 2.77. The van der Waals surface area contributed by atoms with Gasteiger partial charge in [-0.1, -0.05) is 72.6 Å². The molecule has 0 fully saturated rings. The topological polar surface area (TPSA) is 0 Å². The van der Waals surface area contributed by atoms with E-state index in [1.807, 2.05) is 0 Å². The van der Waals surface area contributed by atoms with Gasteiger partial charge >= 0.3 is 0 Å². The molecule has 0 N–H and O–H groups in total. The van der Waals surface area contributed by atoms with E-state index in [9.17, 15) is 0 Å². The summed E-state index contributed by atoms with van der Waals surface area (Å²) in [5, 5.41) is 2.73. The van der Waals surface area contributed by atoms with Gasteiger partial charge in [0.2, 0.25) is 0 Å². The van der Waals surface area contributed by atoms with E-state index in [1.165, 1.54) is 34.7 Å². The lowest BCUT2D eigenvalue weighted by Crippen LogP contribution is -2.01. The lowest BCUT2D eigenvalue weighted by Gasteiger charge is -2.19. The van der Waals surface area contributed by atoms with Crippen LogP contribution in [0.25, 0.3) is 10.8 Å². The minimum atomic E-state index is 0.457. The summed E-state index contributed by atoms with van der Waals surface area (Å²) in [6, 6.07) is 13.1. The largest absolute Gasteiger partial charge is 0.0838 e. The van der Waals surface area contributed by atoms with Crippen molar-refractivity contribution >= 4 is 26.7 Å². The maximum absolute atomic E-state index is 3.90. The maximum Gasteiger partial charge on any atom is 0.0406 e. The van der Waals surface area contributed by atoms with Gasteiger partial charge in [0.1, 0.15) is 0 Å². The SMILES string of the molecule is CCC(C)CC(Br)c1c(C)ccc2ccccc12. The molecule has 2 unspecified atom stereocenters. The first-order valence-corrected chi connectivity index (χ1v) is 7.67. The van der Waals surface area contributed by atoms with Crippen molar-refractivity contribution in [2.24, 2.45) is 5.92 Å². The van der Waals surface area contributed by atoms with E-state index in [0.717, 1.165) is 5.92 Å². The summed E-state index contributed by atoms with van der Waals surface area (Å²) in [6.45, 7) is 6.81. The second-order valence-corrected chi connectivity index (χ2v) is 6.34. The van der Waals surface area contributed by atoms with Gasteiger partial charge in [0, 0.05) is 4.83 Å². The van der Waals surface area contributed by atoms with Crippen LogP contribution in [0.5, 0.6) is 0 Å². The summed E-state index contributed by atoms with van der Waals surface area (Å²) in [7, 11) is 0. The molecule has 18 heavy (non-hydrogen) atoms. The molecule has 0 spiro atoms. The molecule has 0 saturated heterocycles. The lowest BCUT2D eigenvalue weighted by atomic mass is 9.92. The Labute approximate surface area is 119 Å². The summed E-state index contributed by atoms with van der Waals surface area (Å²) in [4.78, 5) is 0.457. The number of hydrogen-bond acceptors (Lipinski definition) is 0. The minimum absolute atomic E-state index is 0.457. The van der Waals surface area contributed by atoms with Crippen molar-refractivity contribution in [3.8, 4) is 0 Å². The van der Waals surface area contributed by atoms with E-state index < -0.39 is 0 Å². The smallest absolute Gasteiger partial charge is 0.0406 e. The van der Waals surface area contributed by atoms with Crippen LogP contribution < -0.4 is 0 Å². The highest BCUT2D eigenvalue weighted by Gasteiger charge is 2.16. The zero-order valence-electron chi connectivity index (χ0n) is 11.4. The van der Waals surface area contributed by atoms with Gasteiger partial charge in [0.15, 0.2) is 0 Å². The first-order valence-electron chi connectivity index (χ1n) is 6.75. The second kappa shape index (κ2) is 5.88. The fourth-order valence-corrected chi connectivity index (χ4v) is 3.70. The molecular formula is C17H21Br. The Balaban J connectivity index is 2.45. The number of alkyl halides is 1. The normalized spacial score (nSPS) is 14.7. The van der Waals surface area contributed by atoms with E-state index in [4.69, 9.17) is 0 Å². The monoisotopic (exact) mass is 304 g/mol. The van der Waals surface area contributed by atoms with E-state index in [2.05, 4.69) is 73.1 Å². The van der Waals surface area contributed by atoms with Gasteiger partial charge in [-0.15, -0.1) is 0 Å². The lowest BCUT2D eigenvalue weighted by molar-refractivity contribution is 0.515. The fraction of sp³-hybridized carbons (Fsp3) is 0.412. The molecule has 96 valence electrons. The van der Waals surface area contributed by atoms with Crippen molar-refractivity contribution in [3.63, 3.8) is 0 Å². The molecule has 2 atom stereocenters. The van der Waals surface area contributed by atoms with Crippen molar-refractivity contribution in [3.05, 3.63) is 47.5 Å². The summed E-state index contributed by atoms with van der Waals surface area (Å²) in [5.41, 5.74) is 2.85. The van der Waals surface area contributed by atoms with Gasteiger partial charge in [-0.25, -0.2) is 0 Å². The molecule has 0 amide bonds. The number of halogens is 1. The highest BCUT2D eigenvalue weighted by atomic mass is 79.9. The Morgan fingerprint density at radius 1 is 1.11 bits per heavy atom. The van der Waals surface area contributed by atoms with Crippen LogP contribution in [0.2, 0.25) is 0 Å². The molecule has 0 aromatic heterocycles. The average molecular weight is 305 g/mol. The van der Waals surface area contributed by atoms with Gasteiger partial charge in [-0.05, 0) is 41.2 Å². The molecule has 0 aliphatic carbocycles. The molecule has 0 aliphatic rings. The zero-order valence-corrected chi connectivity index (χ0v) is 13.0. The molecule has 0 aliphatic heterocycles. The number of rotatable bonds is 4. The Morgan fingerprint density at radius 3 is 2.56 bits per heavy atom. The Hall–Kier alpha value is -0.820. The van der Waals surface area contributed by atoms with Crippen LogP contribution in [0.3, 0.4) is 0 Å². The predicted molar refractivity (Wildman–Crippen MR) is 84.4 cm³/mol. The first-order chi connectivity index (χ1) is 8.63. The van der Waals surface area contributed by atoms with Gasteiger partial charge < -0.3 is 0 Å². The molecule has 2 rings (SSSR count). The quantitative estimate of drug-likeness (QED) is 0.606. The molecule has 0 radical (unpaired) electrons. The van der Waals surface area contributed by atoms with Crippen LogP contribution in [0.15, 0.2) is 36.4 Å². The van der Waals surface area contributed by atoms with Crippen LogP contribution in [0.1, 0.15) is 42.6 Å². The van der Waals surface area contributed by atoms with E-state index >= 15 is 0 Å². The molecule has 2 aromatic carbocycles. The van der Waals surface area contributed by atoms with Crippen molar-refractivity contribution in [1.82, 2.24) is 0 Å². The van der Waals surface area contributed by atoms with Gasteiger partial charge in [0.05, 0.1) is 0 Å². The molecular weight excluding hydrogens is 284 g/mol. The Kier molecular flexibility index (Phi) is 4.45. The molecule has 0 heterocycles. The maximum atomic E-state index is 3.90. The zero-order chi connectivity index (χ0) is 13.1. The number of fused-ring (bicyclic) bond motifs is 1. The number of hydrogen-bond donors (Lipinski definition) is 0. The Morgan fingerprint density at radius 2 is 1.83 bits per heavy atom. The van der Waals surface area contributed by atoms with Gasteiger partial charge in [-0.3, -0.25) is 0 Å². The molecule has 2 aromatic rings. The van der Waals surface area contributed by atoms with Gasteiger partial charge in [-0.2, -0.15) is 0 Å². The van der Waals surface area contributed by atoms with Crippen LogP contribution in [-0.2, 0) is 0 Å². The van der Waals surface area contributed by atoms with Crippen molar-refractivity contribution in [2.75, 3.05) is 0 Å². The highest BCUT2D eigenvalue weighted by molar-refractivity contribution is 9.09. The number of benzene rings is 2. The van der Waals surface area contributed by atoms with E-state index in [1.54, 1.807) is 0 Å². The second-order valence-electron chi connectivity index (χ2n) is 5.23. The summed E-state index contributed by atoms with van der Waals surface area (Å²) >= 11 is 3.90. The molecule has 0 saturated carbocycles. The number of aryl methyl sites for hydroxylation is 1. The van der Waals surface area contributed by atoms with Crippen molar-refractivity contribution in [1.29, 1.82) is 0 Å². The summed E-state index contributed by atoms with van der Waals surface area (Å²) in [6.07, 6.45) is 2.44. The van der Waals surface area contributed by atoms with Crippen LogP contribution in [0.4, 0.5) is 0 Å². The van der Waals surface area contributed by atoms with Crippen LogP contribution >= 0.6 is 15.9 Å². The van der Waals surface area contributed by atoms with E-state index in [-0.39, 0.29) is 0 Å². The van der Waals surface area contributed by atoms with Crippen molar-refractivity contribution < 1.29 is 0 Å². The average Bonchev–Trinajstić information content (AvgIpc) is 2.38. The summed E-state index contributed by atoms with van der Waals surface area (Å²) in [5.74, 6) is 0.757. The predicted octanol–water partition coefficient (Wildman–Crippen LogP) is 6.02.